The number of Topliss-reactive ketones (excluding diaryl/α,β-unsaturated/α-hetero) is 1. The van der Waals surface area contributed by atoms with Gasteiger partial charge in [0.2, 0.25) is 0 Å². The van der Waals surface area contributed by atoms with Crippen molar-refractivity contribution in [2.75, 3.05) is 0 Å². The highest BCUT2D eigenvalue weighted by molar-refractivity contribution is 6.02. The fraction of sp³-hybridized carbons (Fsp3) is 0.571. The normalized spacial score (nSPS) is 26.5. The zero-order valence-corrected chi connectivity index (χ0v) is 17.7. The summed E-state index contributed by atoms with van der Waals surface area (Å²) in [6.07, 6.45) is -1.40. The number of nitro benzene ring substituents is 1. The third-order valence-electron chi connectivity index (χ3n) is 4.97. The SMILES string of the molecule is CC(C)OC(=O)[C@@H]1C(=O)C[C@](C)(O)[C@@H](C(=O)OC(C)C)[C@H]1c1ccc([N+](=O)[O-])cc1. The molecule has 1 aliphatic carbocycles. The van der Waals surface area contributed by atoms with Gasteiger partial charge in [-0.05, 0) is 40.2 Å². The molecule has 1 aromatic carbocycles. The van der Waals surface area contributed by atoms with Crippen LogP contribution in [0.15, 0.2) is 24.3 Å². The summed E-state index contributed by atoms with van der Waals surface area (Å²) in [5.41, 5.74) is -1.63. The average Bonchev–Trinajstić information content (AvgIpc) is 2.58. The van der Waals surface area contributed by atoms with Crippen molar-refractivity contribution < 1.29 is 33.9 Å². The summed E-state index contributed by atoms with van der Waals surface area (Å²) >= 11 is 0. The summed E-state index contributed by atoms with van der Waals surface area (Å²) in [6.45, 7) is 7.90. The van der Waals surface area contributed by atoms with Gasteiger partial charge in [-0.1, -0.05) is 12.1 Å². The van der Waals surface area contributed by atoms with Crippen LogP contribution in [0.5, 0.6) is 0 Å². The number of carbonyl (C=O) groups excluding carboxylic acids is 3. The van der Waals surface area contributed by atoms with Crippen molar-refractivity contribution in [3.63, 3.8) is 0 Å². The molecule has 0 amide bonds. The monoisotopic (exact) mass is 421 g/mol. The fourth-order valence-corrected chi connectivity index (χ4v) is 3.85. The third kappa shape index (κ3) is 5.02. The highest BCUT2D eigenvalue weighted by Crippen LogP contribution is 2.47. The second-order valence-corrected chi connectivity index (χ2v) is 8.30. The Morgan fingerprint density at radius 1 is 1.10 bits per heavy atom. The van der Waals surface area contributed by atoms with E-state index in [-0.39, 0.29) is 5.69 Å². The number of hydrogen-bond acceptors (Lipinski definition) is 8. The number of ketones is 1. The Morgan fingerprint density at radius 2 is 1.60 bits per heavy atom. The third-order valence-corrected chi connectivity index (χ3v) is 4.97. The zero-order chi connectivity index (χ0) is 22.8. The number of nitrogens with zero attached hydrogens (tertiary/aromatic N) is 1. The summed E-state index contributed by atoms with van der Waals surface area (Å²) in [6, 6.07) is 5.20. The number of non-ortho nitro benzene ring substituents is 1. The number of esters is 2. The molecule has 4 atom stereocenters. The lowest BCUT2D eigenvalue weighted by Gasteiger charge is -2.44. The van der Waals surface area contributed by atoms with Crippen LogP contribution in [0.2, 0.25) is 0 Å². The number of aliphatic hydroxyl groups is 1. The Kier molecular flexibility index (Phi) is 6.97. The van der Waals surface area contributed by atoms with Crippen LogP contribution < -0.4 is 0 Å². The fourth-order valence-electron chi connectivity index (χ4n) is 3.85. The standard InChI is InChI=1S/C21H27NO8/c1-11(2)29-19(24)17-15(23)10-21(5,26)18(20(25)30-12(3)4)16(17)13-6-8-14(9-7-13)22(27)28/h6-9,11-12,16-18,26H,10H2,1-5H3/t16-,17+,18+,21-/m0/s1. The van der Waals surface area contributed by atoms with E-state index in [0.29, 0.717) is 5.56 Å². The van der Waals surface area contributed by atoms with Crippen LogP contribution in [0, 0.1) is 22.0 Å². The number of carbonyl (C=O) groups is 3. The van der Waals surface area contributed by atoms with Gasteiger partial charge in [0.05, 0.1) is 28.7 Å². The molecule has 1 saturated carbocycles. The first-order chi connectivity index (χ1) is 13.8. The molecule has 0 spiro atoms. The van der Waals surface area contributed by atoms with E-state index in [1.165, 1.54) is 31.2 Å². The predicted octanol–water partition coefficient (Wildman–Crippen LogP) is 2.54. The quantitative estimate of drug-likeness (QED) is 0.321. The van der Waals surface area contributed by atoms with E-state index < -0.39 is 64.6 Å². The Labute approximate surface area is 174 Å². The highest BCUT2D eigenvalue weighted by atomic mass is 16.6. The molecule has 0 radical (unpaired) electrons. The van der Waals surface area contributed by atoms with Gasteiger partial charge in [-0.15, -0.1) is 0 Å². The van der Waals surface area contributed by atoms with E-state index in [0.717, 1.165) is 0 Å². The van der Waals surface area contributed by atoms with Crippen LogP contribution in [0.1, 0.15) is 52.5 Å². The molecule has 9 nitrogen and oxygen atoms in total. The van der Waals surface area contributed by atoms with Crippen LogP contribution in [0.4, 0.5) is 5.69 Å². The van der Waals surface area contributed by atoms with Crippen molar-refractivity contribution in [3.05, 3.63) is 39.9 Å². The molecular weight excluding hydrogens is 394 g/mol. The van der Waals surface area contributed by atoms with Crippen molar-refractivity contribution in [1.29, 1.82) is 0 Å². The van der Waals surface area contributed by atoms with Gasteiger partial charge in [-0.25, -0.2) is 0 Å². The molecule has 0 saturated heterocycles. The van der Waals surface area contributed by atoms with Gasteiger partial charge < -0.3 is 14.6 Å². The van der Waals surface area contributed by atoms with Crippen molar-refractivity contribution >= 4 is 23.4 Å². The van der Waals surface area contributed by atoms with Crippen LogP contribution in [-0.2, 0) is 23.9 Å². The van der Waals surface area contributed by atoms with Crippen LogP contribution >= 0.6 is 0 Å². The molecule has 1 N–H and O–H groups in total. The highest BCUT2D eigenvalue weighted by Gasteiger charge is 2.57. The molecule has 0 unspecified atom stereocenters. The summed E-state index contributed by atoms with van der Waals surface area (Å²) in [7, 11) is 0. The van der Waals surface area contributed by atoms with E-state index in [1.54, 1.807) is 27.7 Å². The van der Waals surface area contributed by atoms with Gasteiger partial charge >= 0.3 is 11.9 Å². The smallest absolute Gasteiger partial charge is 0.317 e. The van der Waals surface area contributed by atoms with Crippen LogP contribution in [0.3, 0.4) is 0 Å². The second kappa shape index (κ2) is 8.91. The number of rotatable bonds is 6. The maximum absolute atomic E-state index is 12.9. The first kappa shape index (κ1) is 23.5. The molecule has 0 aliphatic heterocycles. The Morgan fingerprint density at radius 3 is 2.07 bits per heavy atom. The minimum Gasteiger partial charge on any atom is -0.463 e. The van der Waals surface area contributed by atoms with Gasteiger partial charge in [0.25, 0.3) is 5.69 Å². The van der Waals surface area contributed by atoms with E-state index in [4.69, 9.17) is 9.47 Å². The van der Waals surface area contributed by atoms with E-state index in [9.17, 15) is 29.6 Å². The summed E-state index contributed by atoms with van der Waals surface area (Å²) in [5.74, 6) is -5.82. The molecule has 2 rings (SSSR count). The lowest BCUT2D eigenvalue weighted by atomic mass is 9.61. The Hall–Kier alpha value is -2.81. The average molecular weight is 421 g/mol. The molecule has 164 valence electrons. The van der Waals surface area contributed by atoms with Crippen LogP contribution in [0.25, 0.3) is 0 Å². The first-order valence-electron chi connectivity index (χ1n) is 9.75. The van der Waals surface area contributed by atoms with E-state index in [2.05, 4.69) is 0 Å². The van der Waals surface area contributed by atoms with Gasteiger partial charge in [-0.3, -0.25) is 24.5 Å². The largest absolute Gasteiger partial charge is 0.463 e. The zero-order valence-electron chi connectivity index (χ0n) is 17.7. The number of benzene rings is 1. The maximum atomic E-state index is 12.9. The topological polar surface area (TPSA) is 133 Å². The van der Waals surface area contributed by atoms with Gasteiger partial charge in [0.15, 0.2) is 5.78 Å². The van der Waals surface area contributed by atoms with Crippen molar-refractivity contribution in [2.45, 2.75) is 64.8 Å². The summed E-state index contributed by atoms with van der Waals surface area (Å²) < 4.78 is 10.6. The second-order valence-electron chi connectivity index (χ2n) is 8.30. The lowest BCUT2D eigenvalue weighted by molar-refractivity contribution is -0.384. The molecule has 0 bridgehead atoms. The van der Waals surface area contributed by atoms with Crippen molar-refractivity contribution in [1.82, 2.24) is 0 Å². The molecule has 1 fully saturated rings. The molecular formula is C21H27NO8. The van der Waals surface area contributed by atoms with Crippen molar-refractivity contribution in [3.8, 4) is 0 Å². The number of ether oxygens (including phenoxy) is 2. The molecule has 30 heavy (non-hydrogen) atoms. The minimum atomic E-state index is -1.77. The number of hydrogen-bond donors (Lipinski definition) is 1. The molecule has 1 aliphatic rings. The summed E-state index contributed by atoms with van der Waals surface area (Å²) in [4.78, 5) is 49.0. The van der Waals surface area contributed by atoms with E-state index in [1.807, 2.05) is 0 Å². The lowest BCUT2D eigenvalue weighted by Crippen LogP contribution is -2.55. The van der Waals surface area contributed by atoms with E-state index >= 15 is 0 Å². The Bertz CT molecular complexity index is 820. The Balaban J connectivity index is 2.62. The number of nitro groups is 1. The van der Waals surface area contributed by atoms with Crippen molar-refractivity contribution in [2.24, 2.45) is 11.8 Å². The molecule has 0 heterocycles. The summed E-state index contributed by atoms with van der Waals surface area (Å²) in [5, 5.41) is 22.0. The minimum absolute atomic E-state index is 0.185. The predicted molar refractivity (Wildman–Crippen MR) is 106 cm³/mol. The van der Waals surface area contributed by atoms with Crippen LogP contribution in [-0.4, -0.2) is 45.6 Å². The molecule has 1 aromatic rings. The molecule has 0 aromatic heterocycles. The van der Waals surface area contributed by atoms with Gasteiger partial charge in [0.1, 0.15) is 5.92 Å². The molecule has 9 heteroatoms. The van der Waals surface area contributed by atoms with Gasteiger partial charge in [0, 0.05) is 24.5 Å². The maximum Gasteiger partial charge on any atom is 0.317 e. The first-order valence-corrected chi connectivity index (χ1v) is 9.75. The van der Waals surface area contributed by atoms with Gasteiger partial charge in [-0.2, -0.15) is 0 Å².